The van der Waals surface area contributed by atoms with E-state index in [9.17, 15) is 19.2 Å². The zero-order valence-electron chi connectivity index (χ0n) is 18.3. The Morgan fingerprint density at radius 1 is 0.800 bits per heavy atom. The summed E-state index contributed by atoms with van der Waals surface area (Å²) in [5, 5.41) is 0. The molecule has 5 unspecified atom stereocenters. The molecular weight excluding hydrogens is 382 g/mol. The lowest BCUT2D eigenvalue weighted by atomic mass is 9.67. The van der Waals surface area contributed by atoms with Crippen LogP contribution in [-0.4, -0.2) is 34.7 Å². The molecule has 2 aliphatic heterocycles. The van der Waals surface area contributed by atoms with E-state index in [2.05, 4.69) is 0 Å². The second-order valence-electron chi connectivity index (χ2n) is 10.1. The smallest absolute Gasteiger partial charge is 0.317 e. The van der Waals surface area contributed by atoms with Crippen LogP contribution in [0.3, 0.4) is 0 Å². The Bertz CT molecular complexity index is 706. The van der Waals surface area contributed by atoms with Crippen molar-refractivity contribution in [2.45, 2.75) is 90.5 Å². The third kappa shape index (κ3) is 3.82. The molecule has 4 aliphatic rings. The molecule has 2 saturated carbocycles. The van der Waals surface area contributed by atoms with Crippen molar-refractivity contribution < 1.29 is 23.9 Å². The molecular formula is C24H35NO5. The van der Waals surface area contributed by atoms with Crippen LogP contribution in [0.5, 0.6) is 0 Å². The molecule has 2 saturated heterocycles. The molecule has 0 aromatic heterocycles. The summed E-state index contributed by atoms with van der Waals surface area (Å²) in [4.78, 5) is 52.7. The van der Waals surface area contributed by atoms with E-state index >= 15 is 0 Å². The van der Waals surface area contributed by atoms with Gasteiger partial charge in [0.2, 0.25) is 11.8 Å². The number of carbonyl (C=O) groups excluding carboxylic acids is 4. The van der Waals surface area contributed by atoms with Gasteiger partial charge in [0.1, 0.15) is 0 Å². The minimum absolute atomic E-state index is 0.0382. The molecule has 4 fully saturated rings. The van der Waals surface area contributed by atoms with E-state index in [1.165, 1.54) is 12.8 Å². The maximum absolute atomic E-state index is 13.4. The fourth-order valence-electron chi connectivity index (χ4n) is 6.54. The second-order valence-corrected chi connectivity index (χ2v) is 10.1. The standard InChI is InChI=1S/C24H35NO5/c1-14-18(22(27)25(21(14)26)17-11-7-4-8-12-17)13-19(16-9-5-3-6-10-16)20-15(2)23(28)30-24(20)29/h14-20H,3-13H2,1-2H3. The fraction of sp³-hybridized carbons (Fsp3) is 0.833. The predicted octanol–water partition coefficient (Wildman–Crippen LogP) is 3.86. The zero-order chi connectivity index (χ0) is 21.4. The Labute approximate surface area is 179 Å². The Hall–Kier alpha value is -1.72. The normalized spacial score (nSPS) is 35.2. The monoisotopic (exact) mass is 417 g/mol. The number of nitrogens with zero attached hydrogens (tertiary/aromatic N) is 1. The first-order valence-electron chi connectivity index (χ1n) is 12.0. The molecule has 6 nitrogen and oxygen atoms in total. The summed E-state index contributed by atoms with van der Waals surface area (Å²) in [6, 6.07) is 0.0382. The Morgan fingerprint density at radius 2 is 1.40 bits per heavy atom. The topological polar surface area (TPSA) is 80.8 Å². The van der Waals surface area contributed by atoms with Gasteiger partial charge in [0.05, 0.1) is 17.8 Å². The minimum Gasteiger partial charge on any atom is -0.393 e. The number of rotatable bonds is 5. The van der Waals surface area contributed by atoms with Crippen molar-refractivity contribution in [2.24, 2.45) is 35.5 Å². The van der Waals surface area contributed by atoms with Gasteiger partial charge in [-0.15, -0.1) is 0 Å². The summed E-state index contributed by atoms with van der Waals surface area (Å²) in [5.41, 5.74) is 0. The highest BCUT2D eigenvalue weighted by Crippen LogP contribution is 2.46. The van der Waals surface area contributed by atoms with Crippen molar-refractivity contribution in [3.05, 3.63) is 0 Å². The quantitative estimate of drug-likeness (QED) is 0.385. The Morgan fingerprint density at radius 3 is 1.97 bits per heavy atom. The van der Waals surface area contributed by atoms with Crippen LogP contribution < -0.4 is 0 Å². The van der Waals surface area contributed by atoms with Gasteiger partial charge in [-0.05, 0) is 31.1 Å². The second kappa shape index (κ2) is 8.80. The van der Waals surface area contributed by atoms with Gasteiger partial charge < -0.3 is 4.74 Å². The Kier molecular flexibility index (Phi) is 6.31. The molecule has 0 bridgehead atoms. The minimum atomic E-state index is -0.487. The zero-order valence-corrected chi connectivity index (χ0v) is 18.3. The van der Waals surface area contributed by atoms with E-state index in [0.29, 0.717) is 12.3 Å². The summed E-state index contributed by atoms with van der Waals surface area (Å²) in [6.07, 6.45) is 11.1. The highest BCUT2D eigenvalue weighted by atomic mass is 16.6. The van der Waals surface area contributed by atoms with E-state index in [1.807, 2.05) is 6.92 Å². The third-order valence-corrected chi connectivity index (χ3v) is 8.35. The molecule has 166 valence electrons. The number of hydrogen-bond acceptors (Lipinski definition) is 5. The van der Waals surface area contributed by atoms with Crippen LogP contribution in [0, 0.1) is 35.5 Å². The maximum Gasteiger partial charge on any atom is 0.317 e. The molecule has 2 aliphatic carbocycles. The van der Waals surface area contributed by atoms with Crippen LogP contribution >= 0.6 is 0 Å². The average molecular weight is 418 g/mol. The lowest BCUT2D eigenvalue weighted by Crippen LogP contribution is -2.42. The molecule has 5 atom stereocenters. The molecule has 0 aromatic carbocycles. The van der Waals surface area contributed by atoms with Crippen molar-refractivity contribution in [2.75, 3.05) is 0 Å². The third-order valence-electron chi connectivity index (χ3n) is 8.35. The average Bonchev–Trinajstić information content (AvgIpc) is 3.13. The summed E-state index contributed by atoms with van der Waals surface area (Å²) < 4.78 is 4.97. The number of carbonyl (C=O) groups is 4. The van der Waals surface area contributed by atoms with Crippen molar-refractivity contribution in [3.63, 3.8) is 0 Å². The van der Waals surface area contributed by atoms with Crippen molar-refractivity contribution in [1.82, 2.24) is 4.90 Å². The lowest BCUT2D eigenvalue weighted by molar-refractivity contribution is -0.154. The van der Waals surface area contributed by atoms with Gasteiger partial charge in [0.25, 0.3) is 0 Å². The molecule has 2 heterocycles. The van der Waals surface area contributed by atoms with Gasteiger partial charge >= 0.3 is 11.9 Å². The van der Waals surface area contributed by atoms with Gasteiger partial charge in [0.15, 0.2) is 0 Å². The van der Waals surface area contributed by atoms with Crippen molar-refractivity contribution in [3.8, 4) is 0 Å². The van der Waals surface area contributed by atoms with Crippen molar-refractivity contribution in [1.29, 1.82) is 0 Å². The number of imide groups is 1. The number of hydrogen-bond donors (Lipinski definition) is 0. The molecule has 6 heteroatoms. The lowest BCUT2D eigenvalue weighted by Gasteiger charge is -2.35. The first kappa shape index (κ1) is 21.5. The van der Waals surface area contributed by atoms with E-state index in [-0.39, 0.29) is 35.6 Å². The number of ether oxygens (including phenoxy) is 1. The van der Waals surface area contributed by atoms with Crippen LogP contribution in [0.25, 0.3) is 0 Å². The molecule has 0 aromatic rings. The Balaban J connectivity index is 1.57. The first-order chi connectivity index (χ1) is 14.4. The molecule has 0 radical (unpaired) electrons. The highest BCUT2D eigenvalue weighted by Gasteiger charge is 2.53. The molecule has 0 spiro atoms. The number of cyclic esters (lactones) is 2. The van der Waals surface area contributed by atoms with Crippen LogP contribution in [0.1, 0.15) is 84.5 Å². The fourth-order valence-corrected chi connectivity index (χ4v) is 6.54. The largest absolute Gasteiger partial charge is 0.393 e. The predicted molar refractivity (Wildman–Crippen MR) is 110 cm³/mol. The van der Waals surface area contributed by atoms with E-state index < -0.39 is 23.8 Å². The van der Waals surface area contributed by atoms with Crippen LogP contribution in [0.2, 0.25) is 0 Å². The van der Waals surface area contributed by atoms with E-state index in [0.717, 1.165) is 51.4 Å². The molecule has 0 N–H and O–H groups in total. The summed E-state index contributed by atoms with van der Waals surface area (Å²) in [5.74, 6) is -2.44. The van der Waals surface area contributed by atoms with Crippen LogP contribution in [0.4, 0.5) is 0 Å². The summed E-state index contributed by atoms with van der Waals surface area (Å²) in [7, 11) is 0. The molecule has 2 amide bonds. The van der Waals surface area contributed by atoms with E-state index in [4.69, 9.17) is 4.74 Å². The highest BCUT2D eigenvalue weighted by molar-refractivity contribution is 6.05. The van der Waals surface area contributed by atoms with Gasteiger partial charge in [0, 0.05) is 12.0 Å². The SMILES string of the molecule is CC1C(=O)N(C2CCCCC2)C(=O)C1CC(C1CCCCC1)C1C(=O)OC(=O)C1C. The molecule has 30 heavy (non-hydrogen) atoms. The van der Waals surface area contributed by atoms with Gasteiger partial charge in [-0.1, -0.05) is 65.2 Å². The van der Waals surface area contributed by atoms with Crippen LogP contribution in [-0.2, 0) is 23.9 Å². The van der Waals surface area contributed by atoms with Gasteiger partial charge in [-0.3, -0.25) is 24.1 Å². The first-order valence-corrected chi connectivity index (χ1v) is 12.0. The van der Waals surface area contributed by atoms with Crippen molar-refractivity contribution >= 4 is 23.8 Å². The number of likely N-dealkylation sites (tertiary alicyclic amines) is 1. The number of amides is 2. The summed E-state index contributed by atoms with van der Waals surface area (Å²) >= 11 is 0. The van der Waals surface area contributed by atoms with Crippen LogP contribution in [0.15, 0.2) is 0 Å². The molecule has 4 rings (SSSR count). The summed E-state index contributed by atoms with van der Waals surface area (Å²) in [6.45, 7) is 3.64. The van der Waals surface area contributed by atoms with Gasteiger partial charge in [-0.25, -0.2) is 0 Å². The van der Waals surface area contributed by atoms with Gasteiger partial charge in [-0.2, -0.15) is 0 Å². The number of esters is 2. The maximum atomic E-state index is 13.4. The van der Waals surface area contributed by atoms with E-state index in [1.54, 1.807) is 11.8 Å².